The topological polar surface area (TPSA) is 66.0 Å². The van der Waals surface area contributed by atoms with Gasteiger partial charge in [0.25, 0.3) is 0 Å². The van der Waals surface area contributed by atoms with Gasteiger partial charge in [-0.05, 0) is 48.9 Å². The number of aromatic nitrogens is 1. The van der Waals surface area contributed by atoms with Crippen LogP contribution in [-0.2, 0) is 0 Å². The number of rotatable bonds is 5. The van der Waals surface area contributed by atoms with Gasteiger partial charge in [-0.3, -0.25) is 0 Å². The molecule has 1 aliphatic rings. The number of halogens is 1. The number of urea groups is 1. The molecule has 0 bridgehead atoms. The Morgan fingerprint density at radius 3 is 2.63 bits per heavy atom. The summed E-state index contributed by atoms with van der Waals surface area (Å²) in [6, 6.07) is 17.9. The fourth-order valence-electron chi connectivity index (χ4n) is 2.97. The van der Waals surface area contributed by atoms with Crippen LogP contribution in [0.3, 0.4) is 0 Å². The van der Waals surface area contributed by atoms with Gasteiger partial charge < -0.3 is 16.0 Å². The molecule has 1 atom stereocenters. The molecule has 5 nitrogen and oxygen atoms in total. The zero-order valence-electron chi connectivity index (χ0n) is 15.0. The van der Waals surface area contributed by atoms with E-state index in [-0.39, 0.29) is 12.1 Å². The van der Waals surface area contributed by atoms with Crippen molar-refractivity contribution in [1.82, 2.24) is 10.3 Å². The highest BCUT2D eigenvalue weighted by Crippen LogP contribution is 2.27. The fraction of sp³-hybridized carbons (Fsp3) is 0.238. The molecule has 27 heavy (non-hydrogen) atoms. The quantitative estimate of drug-likeness (QED) is 0.523. The van der Waals surface area contributed by atoms with Gasteiger partial charge in [-0.2, -0.15) is 0 Å². The van der Waals surface area contributed by atoms with Gasteiger partial charge in [0.2, 0.25) is 0 Å². The van der Waals surface area contributed by atoms with Crippen molar-refractivity contribution in [2.75, 3.05) is 10.6 Å². The third-order valence-electron chi connectivity index (χ3n) is 4.64. The van der Waals surface area contributed by atoms with Crippen molar-refractivity contribution in [1.29, 1.82) is 0 Å². The van der Waals surface area contributed by atoms with Gasteiger partial charge in [0.05, 0.1) is 0 Å². The molecule has 3 aromatic rings. The minimum atomic E-state index is -0.147. The van der Waals surface area contributed by atoms with Crippen LogP contribution in [0.25, 0.3) is 10.8 Å². The molecule has 0 saturated heterocycles. The molecule has 0 aliphatic heterocycles. The van der Waals surface area contributed by atoms with E-state index < -0.39 is 0 Å². The van der Waals surface area contributed by atoms with E-state index in [9.17, 15) is 4.79 Å². The number of pyridine rings is 1. The second-order valence-corrected chi connectivity index (χ2v) is 7.24. The summed E-state index contributed by atoms with van der Waals surface area (Å²) < 4.78 is 0. The molecule has 138 valence electrons. The summed E-state index contributed by atoms with van der Waals surface area (Å²) >= 11 is 6.30. The summed E-state index contributed by atoms with van der Waals surface area (Å²) in [6.45, 7) is 2.06. The van der Waals surface area contributed by atoms with Crippen LogP contribution in [0.5, 0.6) is 0 Å². The lowest BCUT2D eigenvalue weighted by molar-refractivity contribution is 0.251. The van der Waals surface area contributed by atoms with Crippen molar-refractivity contribution in [3.63, 3.8) is 0 Å². The maximum Gasteiger partial charge on any atom is 0.319 e. The molecular weight excluding hydrogens is 360 g/mol. The maximum absolute atomic E-state index is 11.8. The Bertz CT molecular complexity index is 970. The van der Waals surface area contributed by atoms with Crippen molar-refractivity contribution in [2.24, 2.45) is 0 Å². The van der Waals surface area contributed by atoms with Crippen molar-refractivity contribution >= 4 is 39.9 Å². The summed E-state index contributed by atoms with van der Waals surface area (Å²) in [5.74, 6) is 0.734. The third-order valence-corrected chi connectivity index (χ3v) is 4.93. The molecular formula is C21H21ClN4O. The minimum Gasteiger partial charge on any atom is -0.363 e. The van der Waals surface area contributed by atoms with Crippen LogP contribution in [0.4, 0.5) is 16.3 Å². The third kappa shape index (κ3) is 4.31. The predicted molar refractivity (Wildman–Crippen MR) is 110 cm³/mol. The number of hydrogen-bond donors (Lipinski definition) is 3. The first-order chi connectivity index (χ1) is 13.1. The Labute approximate surface area is 163 Å². The van der Waals surface area contributed by atoms with Crippen LogP contribution in [-0.4, -0.2) is 17.1 Å². The number of amides is 2. The number of anilines is 2. The standard InChI is InChI=1S/C21H21ClN4O/c1-13(23-19-12-15-4-2-3-5-18(15)20(22)26-19)14-6-8-16(9-7-14)24-21(27)25-17-10-11-17/h2-9,12-13,17H,10-11H2,1H3,(H,23,26)(H2,24,25,27). The van der Waals surface area contributed by atoms with Crippen molar-refractivity contribution in [3.8, 4) is 0 Å². The lowest BCUT2D eigenvalue weighted by atomic mass is 10.1. The highest BCUT2D eigenvalue weighted by molar-refractivity contribution is 6.34. The van der Waals surface area contributed by atoms with E-state index in [4.69, 9.17) is 11.6 Å². The van der Waals surface area contributed by atoms with Gasteiger partial charge in [0.15, 0.2) is 0 Å². The molecule has 1 aromatic heterocycles. The van der Waals surface area contributed by atoms with E-state index in [1.54, 1.807) is 0 Å². The first-order valence-corrected chi connectivity index (χ1v) is 9.45. The molecule has 0 spiro atoms. The molecule has 2 amide bonds. The SMILES string of the molecule is CC(Nc1cc2ccccc2c(Cl)n1)c1ccc(NC(=O)NC2CC2)cc1. The van der Waals surface area contributed by atoms with E-state index in [2.05, 4.69) is 27.9 Å². The van der Waals surface area contributed by atoms with Crippen LogP contribution in [0, 0.1) is 0 Å². The second kappa shape index (κ2) is 7.45. The van der Waals surface area contributed by atoms with Crippen molar-refractivity contribution < 1.29 is 4.79 Å². The van der Waals surface area contributed by atoms with E-state index in [0.29, 0.717) is 11.2 Å². The molecule has 6 heteroatoms. The van der Waals surface area contributed by atoms with Gasteiger partial charge in [-0.1, -0.05) is 48.0 Å². The Balaban J connectivity index is 1.43. The van der Waals surface area contributed by atoms with Gasteiger partial charge in [0, 0.05) is 23.2 Å². The summed E-state index contributed by atoms with van der Waals surface area (Å²) in [7, 11) is 0. The summed E-state index contributed by atoms with van der Waals surface area (Å²) in [5.41, 5.74) is 1.87. The lowest BCUT2D eigenvalue weighted by Gasteiger charge is -2.16. The number of hydrogen-bond acceptors (Lipinski definition) is 3. The Morgan fingerprint density at radius 2 is 1.89 bits per heavy atom. The first kappa shape index (κ1) is 17.6. The van der Waals surface area contributed by atoms with E-state index in [1.165, 1.54) is 0 Å². The van der Waals surface area contributed by atoms with Crippen molar-refractivity contribution in [3.05, 3.63) is 65.3 Å². The number of carbonyl (C=O) groups is 1. The van der Waals surface area contributed by atoms with Crippen LogP contribution in [0.15, 0.2) is 54.6 Å². The predicted octanol–water partition coefficient (Wildman–Crippen LogP) is 5.35. The lowest BCUT2D eigenvalue weighted by Crippen LogP contribution is -2.30. The Hall–Kier alpha value is -2.79. The normalized spacial score (nSPS) is 14.6. The molecule has 3 N–H and O–H groups in total. The number of nitrogens with zero attached hydrogens (tertiary/aromatic N) is 1. The molecule has 1 heterocycles. The van der Waals surface area contributed by atoms with Crippen LogP contribution in [0.1, 0.15) is 31.4 Å². The van der Waals surface area contributed by atoms with Gasteiger partial charge in [-0.15, -0.1) is 0 Å². The Kier molecular flexibility index (Phi) is 4.86. The zero-order valence-corrected chi connectivity index (χ0v) is 15.8. The van der Waals surface area contributed by atoms with Gasteiger partial charge in [0.1, 0.15) is 11.0 Å². The molecule has 1 unspecified atom stereocenters. The largest absolute Gasteiger partial charge is 0.363 e. The van der Waals surface area contributed by atoms with Gasteiger partial charge >= 0.3 is 6.03 Å². The van der Waals surface area contributed by atoms with Gasteiger partial charge in [-0.25, -0.2) is 9.78 Å². The number of carbonyl (C=O) groups excluding carboxylic acids is 1. The smallest absolute Gasteiger partial charge is 0.319 e. The van der Waals surface area contributed by atoms with Crippen LogP contribution < -0.4 is 16.0 Å². The fourth-order valence-corrected chi connectivity index (χ4v) is 3.23. The number of nitrogens with one attached hydrogen (secondary N) is 3. The zero-order chi connectivity index (χ0) is 18.8. The molecule has 4 rings (SSSR count). The summed E-state index contributed by atoms with van der Waals surface area (Å²) in [4.78, 5) is 16.3. The average Bonchev–Trinajstić information content (AvgIpc) is 3.46. The average molecular weight is 381 g/mol. The highest BCUT2D eigenvalue weighted by atomic mass is 35.5. The molecule has 0 radical (unpaired) electrons. The number of benzene rings is 2. The summed E-state index contributed by atoms with van der Waals surface area (Å²) in [6.07, 6.45) is 2.14. The van der Waals surface area contributed by atoms with E-state index in [0.717, 1.165) is 40.7 Å². The molecule has 2 aromatic carbocycles. The highest BCUT2D eigenvalue weighted by Gasteiger charge is 2.23. The van der Waals surface area contributed by atoms with Crippen LogP contribution in [0.2, 0.25) is 5.15 Å². The molecule has 1 fully saturated rings. The second-order valence-electron chi connectivity index (χ2n) is 6.88. The minimum absolute atomic E-state index is 0.0454. The maximum atomic E-state index is 11.8. The monoisotopic (exact) mass is 380 g/mol. The molecule has 1 aliphatic carbocycles. The number of fused-ring (bicyclic) bond motifs is 1. The Morgan fingerprint density at radius 1 is 1.15 bits per heavy atom. The molecule has 1 saturated carbocycles. The van der Waals surface area contributed by atoms with E-state index in [1.807, 2.05) is 54.6 Å². The van der Waals surface area contributed by atoms with E-state index >= 15 is 0 Å². The van der Waals surface area contributed by atoms with Crippen molar-refractivity contribution in [2.45, 2.75) is 31.8 Å². The summed E-state index contributed by atoms with van der Waals surface area (Å²) in [5, 5.41) is 11.6. The first-order valence-electron chi connectivity index (χ1n) is 9.08. The van der Waals surface area contributed by atoms with Crippen LogP contribution >= 0.6 is 11.6 Å².